The zero-order chi connectivity index (χ0) is 11.9. The molecule has 0 bridgehead atoms. The predicted molar refractivity (Wildman–Crippen MR) is 63.3 cm³/mol. The largest absolute Gasteiger partial charge is 0.374 e. The van der Waals surface area contributed by atoms with Crippen LogP contribution in [0.15, 0.2) is 48.6 Å². The van der Waals surface area contributed by atoms with Crippen molar-refractivity contribution in [1.29, 1.82) is 0 Å². The third kappa shape index (κ3) is 1.59. The van der Waals surface area contributed by atoms with Crippen LogP contribution in [0.1, 0.15) is 5.82 Å². The molecule has 1 heterocycles. The van der Waals surface area contributed by atoms with Gasteiger partial charge in [-0.2, -0.15) is 0 Å². The molecule has 0 saturated heterocycles. The Bertz CT molecular complexity index is 603. The van der Waals surface area contributed by atoms with Gasteiger partial charge in [-0.25, -0.2) is 4.98 Å². The van der Waals surface area contributed by atoms with E-state index in [1.807, 2.05) is 24.3 Å². The molecule has 2 N–H and O–H groups in total. The smallest absolute Gasteiger partial charge is 0.178 e. The summed E-state index contributed by atoms with van der Waals surface area (Å²) in [5, 5.41) is 10.3. The number of benzene rings is 1. The summed E-state index contributed by atoms with van der Waals surface area (Å²) >= 11 is 0. The van der Waals surface area contributed by atoms with Gasteiger partial charge in [0.15, 0.2) is 11.4 Å². The number of carbonyl (C=O) groups excluding carboxylic acids is 1. The van der Waals surface area contributed by atoms with Gasteiger partial charge in [-0.3, -0.25) is 4.79 Å². The van der Waals surface area contributed by atoms with Crippen molar-refractivity contribution in [2.45, 2.75) is 5.60 Å². The highest BCUT2D eigenvalue weighted by atomic mass is 16.3. The van der Waals surface area contributed by atoms with Gasteiger partial charge in [0.1, 0.15) is 5.82 Å². The highest BCUT2D eigenvalue weighted by molar-refractivity contribution is 6.00. The molecule has 0 fully saturated rings. The summed E-state index contributed by atoms with van der Waals surface area (Å²) in [5.41, 5.74) is 0.316. The van der Waals surface area contributed by atoms with E-state index < -0.39 is 5.60 Å². The minimum absolute atomic E-state index is 0.134. The number of nitrogens with one attached hydrogen (secondary N) is 1. The first-order chi connectivity index (χ1) is 8.17. The first-order valence-electron chi connectivity index (χ1n) is 5.27. The number of nitrogens with zero attached hydrogens (tertiary/aromatic N) is 1. The molecular formula is C13H10N2O2. The second-order valence-electron chi connectivity index (χ2n) is 4.00. The average molecular weight is 226 g/mol. The maximum Gasteiger partial charge on any atom is 0.178 e. The molecule has 2 aromatic rings. The Balaban J connectivity index is 2.12. The van der Waals surface area contributed by atoms with Crippen LogP contribution < -0.4 is 0 Å². The number of H-pyrrole nitrogens is 1. The molecule has 0 radical (unpaired) electrons. The highest BCUT2D eigenvalue weighted by Gasteiger charge is 2.29. The van der Waals surface area contributed by atoms with Crippen molar-refractivity contribution in [3.8, 4) is 0 Å². The number of rotatable bonds is 1. The lowest BCUT2D eigenvalue weighted by molar-refractivity contribution is -0.110. The maximum atomic E-state index is 11.0. The fraction of sp³-hybridized carbons (Fsp3) is 0.0769. The molecule has 4 nitrogen and oxygen atoms in total. The van der Waals surface area contributed by atoms with Gasteiger partial charge in [0.2, 0.25) is 0 Å². The molecule has 0 amide bonds. The summed E-state index contributed by atoms with van der Waals surface area (Å²) in [7, 11) is 0. The highest BCUT2D eigenvalue weighted by Crippen LogP contribution is 2.26. The molecular weight excluding hydrogens is 216 g/mol. The van der Waals surface area contributed by atoms with E-state index in [1.54, 1.807) is 0 Å². The lowest BCUT2D eigenvalue weighted by Gasteiger charge is -2.19. The Kier molecular flexibility index (Phi) is 2.00. The maximum absolute atomic E-state index is 11.0. The van der Waals surface area contributed by atoms with Crippen LogP contribution in [-0.4, -0.2) is 20.9 Å². The van der Waals surface area contributed by atoms with E-state index in [9.17, 15) is 9.90 Å². The summed E-state index contributed by atoms with van der Waals surface area (Å²) in [4.78, 5) is 18.4. The van der Waals surface area contributed by atoms with E-state index in [0.29, 0.717) is 5.82 Å². The van der Waals surface area contributed by atoms with Gasteiger partial charge < -0.3 is 10.1 Å². The summed E-state index contributed by atoms with van der Waals surface area (Å²) in [6.07, 6.45) is 5.56. The zero-order valence-electron chi connectivity index (χ0n) is 8.92. The fourth-order valence-electron chi connectivity index (χ4n) is 1.83. The minimum Gasteiger partial charge on any atom is -0.374 e. The number of ketones is 1. The predicted octanol–water partition coefficient (Wildman–Crippen LogP) is 1.45. The van der Waals surface area contributed by atoms with Crippen molar-refractivity contribution in [3.05, 3.63) is 54.4 Å². The van der Waals surface area contributed by atoms with E-state index in [0.717, 1.165) is 11.0 Å². The second kappa shape index (κ2) is 3.40. The topological polar surface area (TPSA) is 66.0 Å². The molecule has 1 aliphatic rings. The number of hydrogen-bond acceptors (Lipinski definition) is 3. The monoisotopic (exact) mass is 226 g/mol. The molecule has 0 atom stereocenters. The number of carbonyl (C=O) groups is 1. The number of aliphatic hydroxyl groups is 1. The normalized spacial score (nSPS) is 17.8. The summed E-state index contributed by atoms with van der Waals surface area (Å²) < 4.78 is 0. The van der Waals surface area contributed by atoms with Crippen LogP contribution in [0.3, 0.4) is 0 Å². The van der Waals surface area contributed by atoms with E-state index >= 15 is 0 Å². The van der Waals surface area contributed by atoms with Crippen molar-refractivity contribution < 1.29 is 9.90 Å². The van der Waals surface area contributed by atoms with E-state index in [1.165, 1.54) is 24.3 Å². The van der Waals surface area contributed by atoms with Gasteiger partial charge >= 0.3 is 0 Å². The quantitative estimate of drug-likeness (QED) is 0.773. The summed E-state index contributed by atoms with van der Waals surface area (Å²) in [5.74, 6) is 0.282. The Hall–Kier alpha value is -2.20. The van der Waals surface area contributed by atoms with Gasteiger partial charge in [0, 0.05) is 0 Å². The molecule has 1 aromatic heterocycles. The fourth-order valence-corrected chi connectivity index (χ4v) is 1.83. The second-order valence-corrected chi connectivity index (χ2v) is 4.00. The number of imidazole rings is 1. The summed E-state index contributed by atoms with van der Waals surface area (Å²) in [6, 6.07) is 7.52. The first kappa shape index (κ1) is 9.99. The number of aromatic nitrogens is 2. The lowest BCUT2D eigenvalue weighted by atomic mass is 9.97. The van der Waals surface area contributed by atoms with E-state index in [4.69, 9.17) is 0 Å². The molecule has 84 valence electrons. The van der Waals surface area contributed by atoms with Crippen LogP contribution in [-0.2, 0) is 10.4 Å². The zero-order valence-corrected chi connectivity index (χ0v) is 8.92. The Labute approximate surface area is 97.3 Å². The SMILES string of the molecule is O=C1C=CC(O)(c2nc3ccccc3[nH]2)C=C1. The van der Waals surface area contributed by atoms with Crippen LogP contribution in [0.2, 0.25) is 0 Å². The molecule has 0 saturated carbocycles. The third-order valence-electron chi connectivity index (χ3n) is 2.77. The van der Waals surface area contributed by atoms with Crippen molar-refractivity contribution in [2.75, 3.05) is 0 Å². The number of fused-ring (bicyclic) bond motifs is 1. The van der Waals surface area contributed by atoms with Gasteiger partial charge in [0.05, 0.1) is 11.0 Å². The molecule has 3 rings (SSSR count). The molecule has 0 unspecified atom stereocenters. The van der Waals surface area contributed by atoms with Crippen LogP contribution in [0, 0.1) is 0 Å². The van der Waals surface area contributed by atoms with Gasteiger partial charge in [-0.15, -0.1) is 0 Å². The first-order valence-corrected chi connectivity index (χ1v) is 5.27. The lowest BCUT2D eigenvalue weighted by Crippen LogP contribution is -2.24. The van der Waals surface area contributed by atoms with Crippen molar-refractivity contribution in [2.24, 2.45) is 0 Å². The van der Waals surface area contributed by atoms with Crippen LogP contribution in [0.25, 0.3) is 11.0 Å². The number of aromatic amines is 1. The Morgan fingerprint density at radius 3 is 2.59 bits per heavy atom. The summed E-state index contributed by atoms with van der Waals surface area (Å²) in [6.45, 7) is 0. The average Bonchev–Trinajstić information content (AvgIpc) is 2.77. The standard InChI is InChI=1S/C13H10N2O2/c16-9-5-7-13(17,8-6-9)12-14-10-3-1-2-4-11(10)15-12/h1-8,17H,(H,14,15). The van der Waals surface area contributed by atoms with Crippen molar-refractivity contribution in [1.82, 2.24) is 9.97 Å². The van der Waals surface area contributed by atoms with Crippen molar-refractivity contribution >= 4 is 16.8 Å². The molecule has 1 aromatic carbocycles. The minimum atomic E-state index is -1.33. The molecule has 0 spiro atoms. The third-order valence-corrected chi connectivity index (χ3v) is 2.77. The van der Waals surface area contributed by atoms with Gasteiger partial charge in [-0.05, 0) is 36.4 Å². The van der Waals surface area contributed by atoms with E-state index in [2.05, 4.69) is 9.97 Å². The number of allylic oxidation sites excluding steroid dienone is 2. The van der Waals surface area contributed by atoms with Gasteiger partial charge in [0.25, 0.3) is 0 Å². The van der Waals surface area contributed by atoms with Crippen LogP contribution in [0.5, 0.6) is 0 Å². The Morgan fingerprint density at radius 2 is 1.88 bits per heavy atom. The molecule has 1 aliphatic carbocycles. The molecule has 0 aliphatic heterocycles. The van der Waals surface area contributed by atoms with Crippen LogP contribution >= 0.6 is 0 Å². The van der Waals surface area contributed by atoms with Crippen LogP contribution in [0.4, 0.5) is 0 Å². The Morgan fingerprint density at radius 1 is 1.18 bits per heavy atom. The molecule has 4 heteroatoms. The molecule has 17 heavy (non-hydrogen) atoms. The van der Waals surface area contributed by atoms with Gasteiger partial charge in [-0.1, -0.05) is 12.1 Å². The van der Waals surface area contributed by atoms with Crippen molar-refractivity contribution in [3.63, 3.8) is 0 Å². The number of hydrogen-bond donors (Lipinski definition) is 2. The van der Waals surface area contributed by atoms with E-state index in [-0.39, 0.29) is 5.78 Å². The number of para-hydroxylation sites is 2.